The Balaban J connectivity index is 2.30. The lowest BCUT2D eigenvalue weighted by molar-refractivity contribution is 0.278. The van der Waals surface area contributed by atoms with Gasteiger partial charge in [0.15, 0.2) is 0 Å². The van der Waals surface area contributed by atoms with E-state index in [1.807, 2.05) is 0 Å². The summed E-state index contributed by atoms with van der Waals surface area (Å²) in [6.45, 7) is -0.334. The fourth-order valence-electron chi connectivity index (χ4n) is 1.77. The van der Waals surface area contributed by atoms with Crippen LogP contribution in [0.15, 0.2) is 53.4 Å². The summed E-state index contributed by atoms with van der Waals surface area (Å²) in [5.74, 6) is 0.642. The van der Waals surface area contributed by atoms with Crippen molar-refractivity contribution in [3.8, 4) is 5.75 Å². The summed E-state index contributed by atoms with van der Waals surface area (Å²) in [7, 11) is -2.19. The molecule has 0 saturated heterocycles. The van der Waals surface area contributed by atoms with E-state index >= 15 is 0 Å². The Hall–Kier alpha value is -2.05. The minimum absolute atomic E-state index is 0.0679. The van der Waals surface area contributed by atoms with Crippen molar-refractivity contribution >= 4 is 15.7 Å². The van der Waals surface area contributed by atoms with Crippen LogP contribution in [0.3, 0.4) is 0 Å². The third-order valence-electron chi connectivity index (χ3n) is 2.77. The van der Waals surface area contributed by atoms with E-state index in [4.69, 9.17) is 4.74 Å². The highest BCUT2D eigenvalue weighted by molar-refractivity contribution is 7.92. The first-order chi connectivity index (χ1) is 9.56. The van der Waals surface area contributed by atoms with Gasteiger partial charge in [0.1, 0.15) is 5.75 Å². The van der Waals surface area contributed by atoms with Crippen LogP contribution in [0.5, 0.6) is 5.75 Å². The van der Waals surface area contributed by atoms with Gasteiger partial charge in [0.2, 0.25) is 0 Å². The van der Waals surface area contributed by atoms with Gasteiger partial charge in [-0.05, 0) is 35.9 Å². The van der Waals surface area contributed by atoms with E-state index in [1.54, 1.807) is 42.5 Å². The summed E-state index contributed by atoms with van der Waals surface area (Å²) in [5.41, 5.74) is 0.784. The lowest BCUT2D eigenvalue weighted by Gasteiger charge is -2.11. The van der Waals surface area contributed by atoms with Gasteiger partial charge in [0.25, 0.3) is 10.0 Å². The second-order valence-corrected chi connectivity index (χ2v) is 5.75. The molecule has 2 aromatic carbocycles. The van der Waals surface area contributed by atoms with Gasteiger partial charge in [0, 0.05) is 5.69 Å². The molecule has 6 heteroatoms. The summed E-state index contributed by atoms with van der Waals surface area (Å²) < 4.78 is 32.0. The molecule has 0 saturated carbocycles. The van der Waals surface area contributed by atoms with Crippen molar-refractivity contribution in [1.29, 1.82) is 0 Å². The van der Waals surface area contributed by atoms with Crippen LogP contribution in [-0.4, -0.2) is 20.6 Å². The first-order valence-electron chi connectivity index (χ1n) is 5.92. The standard InChI is InChI=1S/C14H15NO4S/c1-19-13-8-6-12(7-9-13)15-20(17,18)14-5-3-2-4-11(14)10-16/h2-9,15-16H,10H2,1H3. The molecular weight excluding hydrogens is 278 g/mol. The maximum Gasteiger partial charge on any atom is 0.262 e. The molecule has 0 atom stereocenters. The molecule has 0 aromatic heterocycles. The van der Waals surface area contributed by atoms with Gasteiger partial charge >= 0.3 is 0 Å². The molecule has 0 radical (unpaired) electrons. The van der Waals surface area contributed by atoms with Crippen molar-refractivity contribution in [3.63, 3.8) is 0 Å². The summed E-state index contributed by atoms with van der Waals surface area (Å²) in [5, 5.41) is 9.21. The van der Waals surface area contributed by atoms with E-state index in [0.717, 1.165) is 0 Å². The number of aliphatic hydroxyl groups is 1. The van der Waals surface area contributed by atoms with E-state index in [9.17, 15) is 13.5 Å². The van der Waals surface area contributed by atoms with Crippen LogP contribution in [0, 0.1) is 0 Å². The molecule has 106 valence electrons. The second kappa shape index (κ2) is 5.94. The molecule has 0 fully saturated rings. The monoisotopic (exact) mass is 293 g/mol. The Morgan fingerprint density at radius 3 is 2.35 bits per heavy atom. The van der Waals surface area contributed by atoms with Gasteiger partial charge in [-0.3, -0.25) is 4.72 Å². The summed E-state index contributed by atoms with van der Waals surface area (Å²) in [6.07, 6.45) is 0. The van der Waals surface area contributed by atoms with E-state index in [-0.39, 0.29) is 11.5 Å². The number of benzene rings is 2. The molecule has 0 bridgehead atoms. The van der Waals surface area contributed by atoms with Crippen LogP contribution >= 0.6 is 0 Å². The summed E-state index contributed by atoms with van der Waals surface area (Å²) >= 11 is 0. The molecule has 0 spiro atoms. The van der Waals surface area contributed by atoms with Gasteiger partial charge in [0.05, 0.1) is 18.6 Å². The van der Waals surface area contributed by atoms with Crippen molar-refractivity contribution in [2.45, 2.75) is 11.5 Å². The molecule has 0 unspecified atom stereocenters. The minimum Gasteiger partial charge on any atom is -0.497 e. The molecule has 5 nitrogen and oxygen atoms in total. The molecule has 0 amide bonds. The number of methoxy groups -OCH3 is 1. The van der Waals surface area contributed by atoms with Gasteiger partial charge < -0.3 is 9.84 Å². The molecule has 2 rings (SSSR count). The smallest absolute Gasteiger partial charge is 0.262 e. The van der Waals surface area contributed by atoms with Crippen LogP contribution < -0.4 is 9.46 Å². The predicted molar refractivity (Wildman–Crippen MR) is 76.2 cm³/mol. The van der Waals surface area contributed by atoms with Crippen molar-refractivity contribution in [1.82, 2.24) is 0 Å². The minimum atomic E-state index is -3.73. The fourth-order valence-corrected chi connectivity index (χ4v) is 3.06. The average molecular weight is 293 g/mol. The van der Waals surface area contributed by atoms with Gasteiger partial charge in [-0.15, -0.1) is 0 Å². The van der Waals surface area contributed by atoms with Crippen molar-refractivity contribution < 1.29 is 18.3 Å². The maximum atomic E-state index is 12.3. The zero-order valence-electron chi connectivity index (χ0n) is 10.9. The second-order valence-electron chi connectivity index (χ2n) is 4.10. The van der Waals surface area contributed by atoms with Crippen LogP contribution in [0.4, 0.5) is 5.69 Å². The Kier molecular flexibility index (Phi) is 4.26. The maximum absolute atomic E-state index is 12.3. The Labute approximate surface area is 117 Å². The fraction of sp³-hybridized carbons (Fsp3) is 0.143. The average Bonchev–Trinajstić information content (AvgIpc) is 2.47. The van der Waals surface area contributed by atoms with Crippen LogP contribution in [0.1, 0.15) is 5.56 Å². The lowest BCUT2D eigenvalue weighted by Crippen LogP contribution is -2.15. The zero-order chi connectivity index (χ0) is 14.6. The van der Waals surface area contributed by atoms with Gasteiger partial charge in [-0.1, -0.05) is 18.2 Å². The number of rotatable bonds is 5. The molecule has 0 aliphatic rings. The Morgan fingerprint density at radius 1 is 1.10 bits per heavy atom. The van der Waals surface area contributed by atoms with Gasteiger partial charge in [-0.25, -0.2) is 8.42 Å². The van der Waals surface area contributed by atoms with Crippen LogP contribution in [0.25, 0.3) is 0 Å². The number of anilines is 1. The highest BCUT2D eigenvalue weighted by Gasteiger charge is 2.17. The number of hydrogen-bond acceptors (Lipinski definition) is 4. The van der Waals surface area contributed by atoms with E-state index in [2.05, 4.69) is 4.72 Å². The zero-order valence-corrected chi connectivity index (χ0v) is 11.7. The Bertz CT molecular complexity index is 681. The molecule has 0 aliphatic heterocycles. The van der Waals surface area contributed by atoms with Crippen molar-refractivity contribution in [3.05, 3.63) is 54.1 Å². The number of ether oxygens (including phenoxy) is 1. The number of aliphatic hydroxyl groups excluding tert-OH is 1. The SMILES string of the molecule is COc1ccc(NS(=O)(=O)c2ccccc2CO)cc1. The molecule has 2 N–H and O–H groups in total. The molecule has 0 aliphatic carbocycles. The Morgan fingerprint density at radius 2 is 1.75 bits per heavy atom. The topological polar surface area (TPSA) is 75.6 Å². The predicted octanol–water partition coefficient (Wildman–Crippen LogP) is 1.99. The summed E-state index contributed by atoms with van der Waals surface area (Å²) in [6, 6.07) is 12.9. The third kappa shape index (κ3) is 3.09. The number of hydrogen-bond donors (Lipinski definition) is 2. The number of nitrogens with one attached hydrogen (secondary N) is 1. The van der Waals surface area contributed by atoms with E-state index in [1.165, 1.54) is 13.2 Å². The van der Waals surface area contributed by atoms with E-state index in [0.29, 0.717) is 17.0 Å². The largest absolute Gasteiger partial charge is 0.497 e. The van der Waals surface area contributed by atoms with Crippen molar-refractivity contribution in [2.75, 3.05) is 11.8 Å². The highest BCUT2D eigenvalue weighted by Crippen LogP contribution is 2.21. The summed E-state index contributed by atoms with van der Waals surface area (Å²) in [4.78, 5) is 0.0679. The number of sulfonamides is 1. The molecular formula is C14H15NO4S. The van der Waals surface area contributed by atoms with Crippen LogP contribution in [-0.2, 0) is 16.6 Å². The first-order valence-corrected chi connectivity index (χ1v) is 7.41. The quantitative estimate of drug-likeness (QED) is 0.884. The first kappa shape index (κ1) is 14.4. The van der Waals surface area contributed by atoms with Crippen LogP contribution in [0.2, 0.25) is 0 Å². The third-order valence-corrected chi connectivity index (χ3v) is 4.26. The van der Waals surface area contributed by atoms with E-state index < -0.39 is 10.0 Å². The highest BCUT2D eigenvalue weighted by atomic mass is 32.2. The molecule has 0 heterocycles. The van der Waals surface area contributed by atoms with Gasteiger partial charge in [-0.2, -0.15) is 0 Å². The molecule has 20 heavy (non-hydrogen) atoms. The molecule has 2 aromatic rings. The van der Waals surface area contributed by atoms with Crippen molar-refractivity contribution in [2.24, 2.45) is 0 Å². The lowest BCUT2D eigenvalue weighted by atomic mass is 10.2. The normalized spacial score (nSPS) is 11.1.